The fourth-order valence-electron chi connectivity index (χ4n) is 1.22. The number of carboxylic acids is 1. The van der Waals surface area contributed by atoms with Gasteiger partial charge in [0.05, 0.1) is 18.5 Å². The molecule has 0 unspecified atom stereocenters. The predicted molar refractivity (Wildman–Crippen MR) is 52.7 cm³/mol. The zero-order chi connectivity index (χ0) is 12.3. The Morgan fingerprint density at radius 2 is 2.19 bits per heavy atom. The van der Waals surface area contributed by atoms with Crippen LogP contribution in [-0.4, -0.2) is 28.2 Å². The minimum Gasteiger partial charge on any atom is -0.500 e. The van der Waals surface area contributed by atoms with Crippen molar-refractivity contribution in [1.82, 2.24) is 0 Å². The van der Waals surface area contributed by atoms with Crippen LogP contribution in [0.25, 0.3) is 0 Å². The number of phenols is 1. The monoisotopic (exact) mass is 227 g/mol. The Labute approximate surface area is 90.0 Å². The highest BCUT2D eigenvalue weighted by Gasteiger charge is 2.20. The predicted octanol–water partition coefficient (Wildman–Crippen LogP) is 0.936. The van der Waals surface area contributed by atoms with Gasteiger partial charge in [0, 0.05) is 6.07 Å². The van der Waals surface area contributed by atoms with Gasteiger partial charge in [-0.25, -0.2) is 0 Å². The van der Waals surface area contributed by atoms with Gasteiger partial charge in [-0.05, 0) is 11.6 Å². The standard InChI is InChI=1S/C9H9NO6/c1-16-7-3-5(4-8(11)12)2-6(9(7)13)10(14)15/h2-3,13H,4H2,1H3,(H,11,12). The van der Waals surface area contributed by atoms with Gasteiger partial charge >= 0.3 is 11.7 Å². The minimum absolute atomic E-state index is 0.120. The molecule has 0 aliphatic heterocycles. The molecule has 7 heteroatoms. The van der Waals surface area contributed by atoms with Crippen molar-refractivity contribution in [1.29, 1.82) is 0 Å². The maximum atomic E-state index is 10.6. The quantitative estimate of drug-likeness (QED) is 0.585. The van der Waals surface area contributed by atoms with Crippen LogP contribution in [0.2, 0.25) is 0 Å². The zero-order valence-electron chi connectivity index (χ0n) is 8.34. The summed E-state index contributed by atoms with van der Waals surface area (Å²) >= 11 is 0. The summed E-state index contributed by atoms with van der Waals surface area (Å²) in [6.45, 7) is 0. The molecule has 0 aliphatic rings. The number of hydrogen-bond donors (Lipinski definition) is 2. The highest BCUT2D eigenvalue weighted by Crippen LogP contribution is 2.36. The van der Waals surface area contributed by atoms with E-state index in [4.69, 9.17) is 9.84 Å². The molecule has 0 saturated carbocycles. The molecule has 0 aliphatic carbocycles. The molecule has 86 valence electrons. The normalized spacial score (nSPS) is 9.81. The molecule has 1 aromatic carbocycles. The largest absolute Gasteiger partial charge is 0.500 e. The van der Waals surface area contributed by atoms with Crippen LogP contribution in [0, 0.1) is 10.1 Å². The zero-order valence-corrected chi connectivity index (χ0v) is 8.34. The van der Waals surface area contributed by atoms with Crippen molar-refractivity contribution < 1.29 is 24.7 Å². The van der Waals surface area contributed by atoms with E-state index < -0.39 is 22.3 Å². The number of methoxy groups -OCH3 is 1. The van der Waals surface area contributed by atoms with Gasteiger partial charge in [-0.15, -0.1) is 0 Å². The van der Waals surface area contributed by atoms with E-state index in [2.05, 4.69) is 0 Å². The molecule has 1 rings (SSSR count). The third kappa shape index (κ3) is 2.38. The van der Waals surface area contributed by atoms with Gasteiger partial charge in [-0.2, -0.15) is 0 Å². The Kier molecular flexibility index (Phi) is 3.29. The maximum Gasteiger partial charge on any atom is 0.314 e. The van der Waals surface area contributed by atoms with E-state index in [0.717, 1.165) is 6.07 Å². The van der Waals surface area contributed by atoms with E-state index in [1.54, 1.807) is 0 Å². The van der Waals surface area contributed by atoms with Crippen LogP contribution in [0.15, 0.2) is 12.1 Å². The molecule has 0 heterocycles. The number of aromatic hydroxyl groups is 1. The highest BCUT2D eigenvalue weighted by molar-refractivity contribution is 5.71. The summed E-state index contributed by atoms with van der Waals surface area (Å²) in [5, 5.41) is 28.5. The van der Waals surface area contributed by atoms with Crippen molar-refractivity contribution in [2.75, 3.05) is 7.11 Å². The Balaban J connectivity index is 3.28. The van der Waals surface area contributed by atoms with Gasteiger partial charge in [-0.3, -0.25) is 14.9 Å². The lowest BCUT2D eigenvalue weighted by molar-refractivity contribution is -0.386. The molecule has 0 spiro atoms. The molecule has 0 amide bonds. The molecule has 0 bridgehead atoms. The molecule has 1 aromatic rings. The van der Waals surface area contributed by atoms with Gasteiger partial charge in [0.2, 0.25) is 5.75 Å². The number of phenolic OH excluding ortho intramolecular Hbond substituents is 1. The fraction of sp³-hybridized carbons (Fsp3) is 0.222. The first kappa shape index (κ1) is 11.8. The summed E-state index contributed by atoms with van der Waals surface area (Å²) in [5.41, 5.74) is -0.385. The molecule has 0 radical (unpaired) electrons. The van der Waals surface area contributed by atoms with E-state index in [-0.39, 0.29) is 17.7 Å². The van der Waals surface area contributed by atoms with Crippen LogP contribution in [0.5, 0.6) is 11.5 Å². The molecule has 2 N–H and O–H groups in total. The van der Waals surface area contributed by atoms with Gasteiger partial charge < -0.3 is 14.9 Å². The molecule has 0 aromatic heterocycles. The fourth-order valence-corrected chi connectivity index (χ4v) is 1.22. The second kappa shape index (κ2) is 4.47. The summed E-state index contributed by atoms with van der Waals surface area (Å²) in [6, 6.07) is 2.25. The van der Waals surface area contributed by atoms with Crippen LogP contribution < -0.4 is 4.74 Å². The number of aliphatic carboxylic acids is 1. The molecule has 0 saturated heterocycles. The number of nitro benzene ring substituents is 1. The van der Waals surface area contributed by atoms with E-state index in [1.165, 1.54) is 13.2 Å². The van der Waals surface area contributed by atoms with Crippen molar-refractivity contribution in [2.45, 2.75) is 6.42 Å². The lowest BCUT2D eigenvalue weighted by Crippen LogP contribution is -2.02. The average molecular weight is 227 g/mol. The van der Waals surface area contributed by atoms with Crippen molar-refractivity contribution >= 4 is 11.7 Å². The number of nitro groups is 1. The smallest absolute Gasteiger partial charge is 0.314 e. The lowest BCUT2D eigenvalue weighted by atomic mass is 10.1. The van der Waals surface area contributed by atoms with E-state index in [0.29, 0.717) is 0 Å². The van der Waals surface area contributed by atoms with Gasteiger partial charge in [0.1, 0.15) is 0 Å². The van der Waals surface area contributed by atoms with Gasteiger partial charge in [0.15, 0.2) is 5.75 Å². The van der Waals surface area contributed by atoms with E-state index in [1.807, 2.05) is 0 Å². The number of carboxylic acid groups (broad SMARTS) is 1. The number of carbonyl (C=O) groups is 1. The second-order valence-electron chi connectivity index (χ2n) is 2.99. The van der Waals surface area contributed by atoms with Crippen LogP contribution in [-0.2, 0) is 11.2 Å². The molecular formula is C9H9NO6. The second-order valence-corrected chi connectivity index (χ2v) is 2.99. The van der Waals surface area contributed by atoms with Crippen molar-refractivity contribution in [2.24, 2.45) is 0 Å². The summed E-state index contributed by atoms with van der Waals surface area (Å²) in [4.78, 5) is 20.2. The summed E-state index contributed by atoms with van der Waals surface area (Å²) in [5.74, 6) is -1.85. The maximum absolute atomic E-state index is 10.6. The minimum atomic E-state index is -1.12. The van der Waals surface area contributed by atoms with Crippen molar-refractivity contribution in [3.8, 4) is 11.5 Å². The Hall–Kier alpha value is -2.31. The summed E-state index contributed by atoms with van der Waals surface area (Å²) in [7, 11) is 1.23. The SMILES string of the molecule is COc1cc(CC(=O)O)cc([N+](=O)[O-])c1O. The first-order chi connectivity index (χ1) is 7.45. The topological polar surface area (TPSA) is 110 Å². The van der Waals surface area contributed by atoms with Gasteiger partial charge in [0.25, 0.3) is 0 Å². The van der Waals surface area contributed by atoms with Gasteiger partial charge in [-0.1, -0.05) is 0 Å². The molecule has 0 fully saturated rings. The molecular weight excluding hydrogens is 218 g/mol. The number of rotatable bonds is 4. The highest BCUT2D eigenvalue weighted by atomic mass is 16.6. The summed E-state index contributed by atoms with van der Waals surface area (Å²) in [6.07, 6.45) is -0.378. The number of ether oxygens (including phenoxy) is 1. The lowest BCUT2D eigenvalue weighted by Gasteiger charge is -2.06. The Morgan fingerprint density at radius 1 is 1.56 bits per heavy atom. The van der Waals surface area contributed by atoms with E-state index in [9.17, 15) is 20.0 Å². The van der Waals surface area contributed by atoms with Crippen molar-refractivity contribution in [3.63, 3.8) is 0 Å². The van der Waals surface area contributed by atoms with Crippen LogP contribution in [0.4, 0.5) is 5.69 Å². The third-order valence-electron chi connectivity index (χ3n) is 1.89. The number of nitrogens with zero attached hydrogens (tertiary/aromatic N) is 1. The van der Waals surface area contributed by atoms with Crippen molar-refractivity contribution in [3.05, 3.63) is 27.8 Å². The third-order valence-corrected chi connectivity index (χ3v) is 1.89. The Bertz CT molecular complexity index is 442. The molecule has 16 heavy (non-hydrogen) atoms. The Morgan fingerprint density at radius 3 is 2.62 bits per heavy atom. The average Bonchev–Trinajstić information content (AvgIpc) is 2.19. The number of benzene rings is 1. The first-order valence-corrected chi connectivity index (χ1v) is 4.21. The van der Waals surface area contributed by atoms with E-state index >= 15 is 0 Å². The molecule has 0 atom stereocenters. The van der Waals surface area contributed by atoms with Crippen LogP contribution in [0.3, 0.4) is 0 Å². The first-order valence-electron chi connectivity index (χ1n) is 4.21. The van der Waals surface area contributed by atoms with Crippen LogP contribution in [0.1, 0.15) is 5.56 Å². The number of hydrogen-bond acceptors (Lipinski definition) is 5. The molecule has 7 nitrogen and oxygen atoms in total. The summed E-state index contributed by atoms with van der Waals surface area (Å²) < 4.78 is 4.71. The van der Waals surface area contributed by atoms with Crippen LogP contribution >= 0.6 is 0 Å².